The van der Waals surface area contributed by atoms with Crippen LogP contribution in [0.1, 0.15) is 25.7 Å². The highest BCUT2D eigenvalue weighted by atomic mass is 16.1. The molecule has 0 saturated heterocycles. The van der Waals surface area contributed by atoms with Crippen LogP contribution in [0.2, 0.25) is 0 Å². The van der Waals surface area contributed by atoms with Crippen LogP contribution in [-0.2, 0) is 4.79 Å². The van der Waals surface area contributed by atoms with Crippen molar-refractivity contribution in [3.8, 4) is 0 Å². The molecule has 0 aromatic heterocycles. The van der Waals surface area contributed by atoms with Crippen molar-refractivity contribution in [3.05, 3.63) is 0 Å². The van der Waals surface area contributed by atoms with Gasteiger partial charge in [-0.2, -0.15) is 0 Å². The van der Waals surface area contributed by atoms with Gasteiger partial charge in [0.1, 0.15) is 0 Å². The minimum atomic E-state index is -0.113. The molecule has 1 aliphatic rings. The van der Waals surface area contributed by atoms with E-state index in [4.69, 9.17) is 5.73 Å². The quantitative estimate of drug-likeness (QED) is 0.648. The van der Waals surface area contributed by atoms with Gasteiger partial charge in [-0.1, -0.05) is 0 Å². The van der Waals surface area contributed by atoms with Crippen molar-refractivity contribution < 1.29 is 4.79 Å². The van der Waals surface area contributed by atoms with Crippen LogP contribution in [0.15, 0.2) is 0 Å². The number of rotatable bonds is 3. The molecule has 0 unspecified atom stereocenters. The summed E-state index contributed by atoms with van der Waals surface area (Å²) in [4.78, 5) is 10.8. The van der Waals surface area contributed by atoms with E-state index in [9.17, 15) is 4.79 Å². The van der Waals surface area contributed by atoms with Gasteiger partial charge in [-0.15, -0.1) is 0 Å². The van der Waals surface area contributed by atoms with E-state index in [1.54, 1.807) is 0 Å². The first kappa shape index (κ1) is 9.52. The second-order valence-electron chi connectivity index (χ2n) is 3.68. The third kappa shape index (κ3) is 2.48. The van der Waals surface area contributed by atoms with Gasteiger partial charge < -0.3 is 11.1 Å². The van der Waals surface area contributed by atoms with Crippen molar-refractivity contribution in [3.63, 3.8) is 0 Å². The summed E-state index contributed by atoms with van der Waals surface area (Å²) >= 11 is 0. The Hall–Kier alpha value is -0.570. The summed E-state index contributed by atoms with van der Waals surface area (Å²) in [7, 11) is 1.97. The summed E-state index contributed by atoms with van der Waals surface area (Å²) in [6.45, 7) is 1.07. The second-order valence-corrected chi connectivity index (χ2v) is 3.68. The Kier molecular flexibility index (Phi) is 3.53. The average Bonchev–Trinajstić information content (AvgIpc) is 2.06. The fourth-order valence-corrected chi connectivity index (χ4v) is 1.94. The number of hydrogen-bond donors (Lipinski definition) is 2. The Morgan fingerprint density at radius 1 is 1.42 bits per heavy atom. The Labute approximate surface area is 73.7 Å². The zero-order valence-electron chi connectivity index (χ0n) is 7.68. The maximum atomic E-state index is 10.8. The molecule has 1 amide bonds. The first-order chi connectivity index (χ1) is 5.74. The van der Waals surface area contributed by atoms with Gasteiger partial charge >= 0.3 is 0 Å². The van der Waals surface area contributed by atoms with Crippen molar-refractivity contribution in [1.82, 2.24) is 5.32 Å². The molecule has 3 heteroatoms. The summed E-state index contributed by atoms with van der Waals surface area (Å²) in [6, 6.07) is 0. The van der Waals surface area contributed by atoms with Crippen LogP contribution in [-0.4, -0.2) is 19.5 Å². The van der Waals surface area contributed by atoms with Crippen LogP contribution in [0.25, 0.3) is 0 Å². The topological polar surface area (TPSA) is 55.1 Å². The van der Waals surface area contributed by atoms with Gasteiger partial charge in [0.2, 0.25) is 5.91 Å². The molecular formula is C9H18N2O. The molecule has 3 nitrogen and oxygen atoms in total. The average molecular weight is 170 g/mol. The van der Waals surface area contributed by atoms with Crippen LogP contribution in [0.4, 0.5) is 0 Å². The van der Waals surface area contributed by atoms with Crippen LogP contribution in [0.3, 0.4) is 0 Å². The second kappa shape index (κ2) is 4.45. The number of hydrogen-bond acceptors (Lipinski definition) is 2. The summed E-state index contributed by atoms with van der Waals surface area (Å²) < 4.78 is 0. The van der Waals surface area contributed by atoms with E-state index in [-0.39, 0.29) is 11.8 Å². The van der Waals surface area contributed by atoms with E-state index in [2.05, 4.69) is 5.32 Å². The predicted octanol–water partition coefficient (Wildman–Crippen LogP) is 0.497. The van der Waals surface area contributed by atoms with Crippen LogP contribution in [0.5, 0.6) is 0 Å². The zero-order chi connectivity index (χ0) is 8.97. The van der Waals surface area contributed by atoms with E-state index in [0.29, 0.717) is 0 Å². The number of carbonyl (C=O) groups is 1. The van der Waals surface area contributed by atoms with Gasteiger partial charge in [-0.3, -0.25) is 4.79 Å². The highest BCUT2D eigenvalue weighted by Crippen LogP contribution is 2.27. The summed E-state index contributed by atoms with van der Waals surface area (Å²) in [5, 5.41) is 3.17. The molecule has 0 aromatic rings. The lowest BCUT2D eigenvalue weighted by Gasteiger charge is -2.26. The summed E-state index contributed by atoms with van der Waals surface area (Å²) in [5.41, 5.74) is 5.23. The molecule has 0 aliphatic heterocycles. The third-order valence-electron chi connectivity index (χ3n) is 2.74. The molecule has 0 spiro atoms. The lowest BCUT2D eigenvalue weighted by molar-refractivity contribution is -0.122. The summed E-state index contributed by atoms with van der Waals surface area (Å²) in [6.07, 6.45) is 4.27. The lowest BCUT2D eigenvalue weighted by atomic mass is 9.82. The van der Waals surface area contributed by atoms with Gasteiger partial charge in [-0.05, 0) is 45.2 Å². The fourth-order valence-electron chi connectivity index (χ4n) is 1.94. The summed E-state index contributed by atoms with van der Waals surface area (Å²) in [5.74, 6) is 0.793. The van der Waals surface area contributed by atoms with E-state index in [1.165, 1.54) is 0 Å². The first-order valence-corrected chi connectivity index (χ1v) is 4.68. The molecule has 1 aliphatic carbocycles. The number of nitrogens with one attached hydrogen (secondary N) is 1. The molecule has 1 saturated carbocycles. The number of amides is 1. The van der Waals surface area contributed by atoms with Gasteiger partial charge in [0.05, 0.1) is 0 Å². The molecule has 0 bridgehead atoms. The molecular weight excluding hydrogens is 152 g/mol. The maximum absolute atomic E-state index is 10.8. The first-order valence-electron chi connectivity index (χ1n) is 4.68. The standard InChI is InChI=1S/C9H18N2O/c1-11-6-7-2-4-8(5-3-7)9(10)12/h7-8,11H,2-6H2,1H3,(H2,10,12). The molecule has 12 heavy (non-hydrogen) atoms. The number of primary amides is 1. The molecule has 0 aromatic carbocycles. The Balaban J connectivity index is 2.25. The number of carbonyl (C=O) groups excluding carboxylic acids is 1. The molecule has 0 heterocycles. The third-order valence-corrected chi connectivity index (χ3v) is 2.74. The lowest BCUT2D eigenvalue weighted by Crippen LogP contribution is -2.30. The van der Waals surface area contributed by atoms with Crippen LogP contribution < -0.4 is 11.1 Å². The zero-order valence-corrected chi connectivity index (χ0v) is 7.68. The van der Waals surface area contributed by atoms with Crippen molar-refractivity contribution in [2.24, 2.45) is 17.6 Å². The van der Waals surface area contributed by atoms with E-state index in [1.807, 2.05) is 7.05 Å². The maximum Gasteiger partial charge on any atom is 0.220 e. The SMILES string of the molecule is CNCC1CCC(C(N)=O)CC1. The van der Waals surface area contributed by atoms with Crippen molar-refractivity contribution in [2.45, 2.75) is 25.7 Å². The van der Waals surface area contributed by atoms with Crippen LogP contribution in [0, 0.1) is 11.8 Å². The smallest absolute Gasteiger partial charge is 0.220 e. The predicted molar refractivity (Wildman–Crippen MR) is 48.6 cm³/mol. The minimum Gasteiger partial charge on any atom is -0.369 e. The minimum absolute atomic E-state index is 0.113. The van der Waals surface area contributed by atoms with Gasteiger partial charge in [0.15, 0.2) is 0 Å². The highest BCUT2D eigenvalue weighted by Gasteiger charge is 2.23. The Morgan fingerprint density at radius 2 is 2.00 bits per heavy atom. The molecule has 3 N–H and O–H groups in total. The fraction of sp³-hybridized carbons (Fsp3) is 0.889. The highest BCUT2D eigenvalue weighted by molar-refractivity contribution is 5.76. The molecule has 0 radical (unpaired) electrons. The Morgan fingerprint density at radius 3 is 2.42 bits per heavy atom. The van der Waals surface area contributed by atoms with Crippen LogP contribution >= 0.6 is 0 Å². The van der Waals surface area contributed by atoms with E-state index >= 15 is 0 Å². The van der Waals surface area contributed by atoms with Crippen molar-refractivity contribution in [1.29, 1.82) is 0 Å². The largest absolute Gasteiger partial charge is 0.369 e. The van der Waals surface area contributed by atoms with Gasteiger partial charge in [-0.25, -0.2) is 0 Å². The van der Waals surface area contributed by atoms with Crippen molar-refractivity contribution in [2.75, 3.05) is 13.6 Å². The molecule has 0 atom stereocenters. The van der Waals surface area contributed by atoms with E-state index in [0.717, 1.165) is 38.1 Å². The van der Waals surface area contributed by atoms with Gasteiger partial charge in [0, 0.05) is 5.92 Å². The number of nitrogens with two attached hydrogens (primary N) is 1. The monoisotopic (exact) mass is 170 g/mol. The molecule has 1 rings (SSSR count). The van der Waals surface area contributed by atoms with E-state index < -0.39 is 0 Å². The molecule has 1 fully saturated rings. The Bertz CT molecular complexity index is 151. The molecule has 70 valence electrons. The normalized spacial score (nSPS) is 30.1. The van der Waals surface area contributed by atoms with Gasteiger partial charge in [0.25, 0.3) is 0 Å². The van der Waals surface area contributed by atoms with Crippen molar-refractivity contribution >= 4 is 5.91 Å².